The first-order valence-electron chi connectivity index (χ1n) is 9.53. The minimum atomic E-state index is -0.526. The van der Waals surface area contributed by atoms with Crippen LogP contribution in [0.25, 0.3) is 0 Å². The summed E-state index contributed by atoms with van der Waals surface area (Å²) >= 11 is 1.78. The number of rotatable bonds is 4. The maximum atomic E-state index is 13.0. The van der Waals surface area contributed by atoms with Crippen LogP contribution in [0.2, 0.25) is 0 Å². The number of fused-ring (bicyclic) bond motifs is 2. The Kier molecular flexibility index (Phi) is 4.91. The fourth-order valence-electron chi connectivity index (χ4n) is 4.08. The molecule has 0 fully saturated rings. The SMILES string of the molecule is CCC1c2ccsc2CCN1C(=O)CCN1C(=O)C(C)Oc2ccccc21. The number of benzene rings is 1. The second-order valence-electron chi connectivity index (χ2n) is 7.03. The van der Waals surface area contributed by atoms with E-state index in [0.29, 0.717) is 18.7 Å². The quantitative estimate of drug-likeness (QED) is 0.806. The van der Waals surface area contributed by atoms with E-state index in [1.165, 1.54) is 10.4 Å². The molecule has 0 N–H and O–H groups in total. The highest BCUT2D eigenvalue weighted by atomic mass is 32.1. The van der Waals surface area contributed by atoms with Gasteiger partial charge in [-0.25, -0.2) is 0 Å². The van der Waals surface area contributed by atoms with E-state index in [9.17, 15) is 9.59 Å². The zero-order valence-electron chi connectivity index (χ0n) is 15.7. The molecule has 0 radical (unpaired) electrons. The van der Waals surface area contributed by atoms with Gasteiger partial charge in [0.15, 0.2) is 6.10 Å². The normalized spacial score (nSPS) is 21.5. The van der Waals surface area contributed by atoms with E-state index in [0.717, 1.165) is 25.1 Å². The van der Waals surface area contributed by atoms with Gasteiger partial charge in [0.05, 0.1) is 11.7 Å². The molecule has 0 saturated carbocycles. The van der Waals surface area contributed by atoms with Crippen molar-refractivity contribution in [1.29, 1.82) is 0 Å². The zero-order chi connectivity index (χ0) is 19.0. The first kappa shape index (κ1) is 18.0. The average molecular weight is 385 g/mol. The highest BCUT2D eigenvalue weighted by Crippen LogP contribution is 2.36. The summed E-state index contributed by atoms with van der Waals surface area (Å²) in [6.45, 7) is 5.02. The molecule has 27 heavy (non-hydrogen) atoms. The third-order valence-corrected chi connectivity index (χ3v) is 6.42. The molecule has 6 heteroatoms. The summed E-state index contributed by atoms with van der Waals surface area (Å²) in [5.74, 6) is 0.722. The number of hydrogen-bond acceptors (Lipinski definition) is 4. The predicted molar refractivity (Wildman–Crippen MR) is 106 cm³/mol. The topological polar surface area (TPSA) is 49.9 Å². The fraction of sp³-hybridized carbons (Fsp3) is 0.429. The molecule has 3 heterocycles. The van der Waals surface area contributed by atoms with Gasteiger partial charge in [-0.2, -0.15) is 0 Å². The van der Waals surface area contributed by atoms with Gasteiger partial charge in [0.25, 0.3) is 5.91 Å². The van der Waals surface area contributed by atoms with Gasteiger partial charge < -0.3 is 14.5 Å². The Morgan fingerprint density at radius 2 is 2.11 bits per heavy atom. The van der Waals surface area contributed by atoms with Gasteiger partial charge in [-0.15, -0.1) is 11.3 Å². The number of thiophene rings is 1. The maximum Gasteiger partial charge on any atom is 0.267 e. The third kappa shape index (κ3) is 3.23. The summed E-state index contributed by atoms with van der Waals surface area (Å²) in [4.78, 5) is 30.7. The monoisotopic (exact) mass is 384 g/mol. The van der Waals surface area contributed by atoms with Crippen LogP contribution < -0.4 is 9.64 Å². The number of para-hydroxylation sites is 2. The van der Waals surface area contributed by atoms with Crippen LogP contribution in [0.5, 0.6) is 5.75 Å². The van der Waals surface area contributed by atoms with Gasteiger partial charge in [-0.05, 0) is 48.9 Å². The number of nitrogens with zero attached hydrogens (tertiary/aromatic N) is 2. The van der Waals surface area contributed by atoms with Crippen molar-refractivity contribution in [3.63, 3.8) is 0 Å². The first-order chi connectivity index (χ1) is 13.1. The van der Waals surface area contributed by atoms with Crippen LogP contribution in [0.3, 0.4) is 0 Å². The minimum absolute atomic E-state index is 0.0905. The lowest BCUT2D eigenvalue weighted by Gasteiger charge is -2.37. The van der Waals surface area contributed by atoms with Crippen molar-refractivity contribution in [2.45, 2.75) is 45.3 Å². The Morgan fingerprint density at radius 3 is 2.93 bits per heavy atom. The van der Waals surface area contributed by atoms with Crippen LogP contribution in [0.15, 0.2) is 35.7 Å². The van der Waals surface area contributed by atoms with Crippen molar-refractivity contribution in [3.8, 4) is 5.75 Å². The number of carbonyl (C=O) groups is 2. The average Bonchev–Trinajstić information content (AvgIpc) is 3.16. The van der Waals surface area contributed by atoms with Crippen LogP contribution in [-0.4, -0.2) is 35.9 Å². The van der Waals surface area contributed by atoms with Crippen LogP contribution in [-0.2, 0) is 16.0 Å². The summed E-state index contributed by atoms with van der Waals surface area (Å²) in [6.07, 6.45) is 1.63. The molecular weight excluding hydrogens is 360 g/mol. The number of carbonyl (C=O) groups excluding carboxylic acids is 2. The highest BCUT2D eigenvalue weighted by molar-refractivity contribution is 7.10. The smallest absolute Gasteiger partial charge is 0.267 e. The number of hydrogen-bond donors (Lipinski definition) is 0. The van der Waals surface area contributed by atoms with Crippen molar-refractivity contribution in [3.05, 3.63) is 46.2 Å². The fourth-order valence-corrected chi connectivity index (χ4v) is 5.00. The van der Waals surface area contributed by atoms with Gasteiger partial charge >= 0.3 is 0 Å². The molecular formula is C21H24N2O3S. The molecule has 5 nitrogen and oxygen atoms in total. The molecule has 2 atom stereocenters. The molecule has 4 rings (SSSR count). The van der Waals surface area contributed by atoms with Crippen LogP contribution >= 0.6 is 11.3 Å². The van der Waals surface area contributed by atoms with E-state index in [-0.39, 0.29) is 17.9 Å². The van der Waals surface area contributed by atoms with E-state index < -0.39 is 6.10 Å². The largest absolute Gasteiger partial charge is 0.479 e. The molecule has 1 aromatic carbocycles. The second kappa shape index (κ2) is 7.35. The number of amides is 2. The molecule has 2 aliphatic heterocycles. The van der Waals surface area contributed by atoms with Crippen LogP contribution in [0.4, 0.5) is 5.69 Å². The van der Waals surface area contributed by atoms with Crippen LogP contribution in [0.1, 0.15) is 43.2 Å². The molecule has 0 spiro atoms. The molecule has 0 bridgehead atoms. The number of anilines is 1. The van der Waals surface area contributed by atoms with E-state index in [1.807, 2.05) is 29.2 Å². The minimum Gasteiger partial charge on any atom is -0.479 e. The predicted octanol–water partition coefficient (Wildman–Crippen LogP) is 3.79. The van der Waals surface area contributed by atoms with Gasteiger partial charge in [-0.3, -0.25) is 9.59 Å². The molecule has 0 aliphatic carbocycles. The summed E-state index contributed by atoms with van der Waals surface area (Å²) in [7, 11) is 0. The van der Waals surface area contributed by atoms with E-state index in [2.05, 4.69) is 18.4 Å². The van der Waals surface area contributed by atoms with Crippen LogP contribution in [0, 0.1) is 0 Å². The molecule has 1 aromatic heterocycles. The van der Waals surface area contributed by atoms with Gasteiger partial charge in [0.2, 0.25) is 5.91 Å². The maximum absolute atomic E-state index is 13.0. The van der Waals surface area contributed by atoms with E-state index in [4.69, 9.17) is 4.74 Å². The second-order valence-corrected chi connectivity index (χ2v) is 8.03. The first-order valence-corrected chi connectivity index (χ1v) is 10.4. The number of ether oxygens (including phenoxy) is 1. The molecule has 2 unspecified atom stereocenters. The Bertz CT molecular complexity index is 863. The molecule has 142 valence electrons. The molecule has 2 amide bonds. The standard InChI is InChI=1S/C21H24N2O3S/c1-3-16-15-10-13-27-19(15)8-11-22(16)20(24)9-12-23-17-6-4-5-7-18(17)26-14(2)21(23)25/h4-7,10,13-14,16H,3,8-9,11-12H2,1-2H3. The summed E-state index contributed by atoms with van der Waals surface area (Å²) < 4.78 is 5.68. The van der Waals surface area contributed by atoms with Gasteiger partial charge in [0.1, 0.15) is 5.75 Å². The summed E-state index contributed by atoms with van der Waals surface area (Å²) in [6, 6.07) is 9.81. The lowest BCUT2D eigenvalue weighted by atomic mass is 9.97. The van der Waals surface area contributed by atoms with Crippen molar-refractivity contribution < 1.29 is 14.3 Å². The Morgan fingerprint density at radius 1 is 1.30 bits per heavy atom. The Balaban J connectivity index is 1.49. The van der Waals surface area contributed by atoms with Crippen molar-refractivity contribution in [2.24, 2.45) is 0 Å². The lowest BCUT2D eigenvalue weighted by molar-refractivity contribution is -0.134. The van der Waals surface area contributed by atoms with Crippen molar-refractivity contribution in [1.82, 2.24) is 4.90 Å². The molecule has 2 aliphatic rings. The van der Waals surface area contributed by atoms with Gasteiger partial charge in [-0.1, -0.05) is 19.1 Å². The lowest BCUT2D eigenvalue weighted by Crippen LogP contribution is -2.46. The van der Waals surface area contributed by atoms with E-state index in [1.54, 1.807) is 23.2 Å². The van der Waals surface area contributed by atoms with Crippen molar-refractivity contribution in [2.75, 3.05) is 18.0 Å². The molecule has 2 aromatic rings. The summed E-state index contributed by atoms with van der Waals surface area (Å²) in [5, 5.41) is 2.12. The third-order valence-electron chi connectivity index (χ3n) is 5.42. The Hall–Kier alpha value is -2.34. The Labute approximate surface area is 163 Å². The van der Waals surface area contributed by atoms with Crippen molar-refractivity contribution >= 4 is 28.8 Å². The zero-order valence-corrected chi connectivity index (χ0v) is 16.5. The van der Waals surface area contributed by atoms with Gasteiger partial charge in [0, 0.05) is 24.4 Å². The molecule has 0 saturated heterocycles. The highest BCUT2D eigenvalue weighted by Gasteiger charge is 2.33. The van der Waals surface area contributed by atoms with E-state index >= 15 is 0 Å². The summed E-state index contributed by atoms with van der Waals surface area (Å²) in [5.41, 5.74) is 2.04.